The summed E-state index contributed by atoms with van der Waals surface area (Å²) in [6, 6.07) is 0.0350. The van der Waals surface area contributed by atoms with Crippen LogP contribution in [0.1, 0.15) is 32.6 Å². The number of amides is 1. The maximum absolute atomic E-state index is 12.2. The molecule has 2 aliphatic heterocycles. The molecule has 0 aromatic rings. The molecule has 0 bridgehead atoms. The summed E-state index contributed by atoms with van der Waals surface area (Å²) in [5.74, 6) is 0.502. The third-order valence-electron chi connectivity index (χ3n) is 3.89. The van der Waals surface area contributed by atoms with E-state index in [2.05, 4.69) is 12.2 Å². The maximum Gasteiger partial charge on any atom is 0.239 e. The largest absolute Gasteiger partial charge is 0.393 e. The van der Waals surface area contributed by atoms with E-state index in [4.69, 9.17) is 0 Å². The molecule has 0 aliphatic carbocycles. The van der Waals surface area contributed by atoms with Crippen LogP contribution in [0.15, 0.2) is 0 Å². The number of likely N-dealkylation sites (tertiary alicyclic amines) is 1. The smallest absolute Gasteiger partial charge is 0.239 e. The normalized spacial score (nSPS) is 35.4. The Balaban J connectivity index is 1.91. The predicted molar refractivity (Wildman–Crippen MR) is 62.0 cm³/mol. The number of aliphatic hydroxyl groups is 1. The van der Waals surface area contributed by atoms with E-state index in [1.165, 1.54) is 0 Å². The second-order valence-corrected chi connectivity index (χ2v) is 4.96. The monoisotopic (exact) mass is 226 g/mol. The zero-order chi connectivity index (χ0) is 11.5. The van der Waals surface area contributed by atoms with Crippen LogP contribution in [-0.4, -0.2) is 47.7 Å². The van der Waals surface area contributed by atoms with Crippen LogP contribution in [0.5, 0.6) is 0 Å². The first-order valence-corrected chi connectivity index (χ1v) is 6.42. The summed E-state index contributed by atoms with van der Waals surface area (Å²) in [5, 5.41) is 13.0. The summed E-state index contributed by atoms with van der Waals surface area (Å²) in [6.45, 7) is 4.49. The number of nitrogens with zero attached hydrogens (tertiary/aromatic N) is 1. The molecule has 2 saturated heterocycles. The van der Waals surface area contributed by atoms with Gasteiger partial charge in [0.25, 0.3) is 0 Å². The second-order valence-electron chi connectivity index (χ2n) is 4.96. The molecule has 4 heteroatoms. The van der Waals surface area contributed by atoms with Gasteiger partial charge in [-0.15, -0.1) is 0 Å². The molecule has 0 unspecified atom stereocenters. The SMILES string of the molecule is CC[C@@H]1CN(C(=O)[C@H]2CCCN2)CC[C@@H]1O. The minimum atomic E-state index is -0.217. The molecule has 0 saturated carbocycles. The summed E-state index contributed by atoms with van der Waals surface area (Å²) in [5.41, 5.74) is 0. The van der Waals surface area contributed by atoms with Crippen LogP contribution in [0.25, 0.3) is 0 Å². The first-order chi connectivity index (χ1) is 7.72. The molecule has 0 aromatic heterocycles. The fourth-order valence-corrected chi connectivity index (χ4v) is 2.74. The highest BCUT2D eigenvalue weighted by Crippen LogP contribution is 2.21. The number of carbonyl (C=O) groups excluding carboxylic acids is 1. The van der Waals surface area contributed by atoms with Gasteiger partial charge in [0.2, 0.25) is 5.91 Å². The Labute approximate surface area is 97.0 Å². The first kappa shape index (κ1) is 11.9. The first-order valence-electron chi connectivity index (χ1n) is 6.42. The Morgan fingerprint density at radius 3 is 2.94 bits per heavy atom. The molecule has 1 amide bonds. The van der Waals surface area contributed by atoms with Crippen molar-refractivity contribution in [2.45, 2.75) is 44.8 Å². The number of hydrogen-bond donors (Lipinski definition) is 2. The third kappa shape index (κ3) is 2.38. The summed E-state index contributed by atoms with van der Waals surface area (Å²) >= 11 is 0. The highest BCUT2D eigenvalue weighted by molar-refractivity contribution is 5.82. The molecule has 2 aliphatic rings. The van der Waals surface area contributed by atoms with Crippen molar-refractivity contribution in [1.29, 1.82) is 0 Å². The van der Waals surface area contributed by atoms with Crippen LogP contribution in [0.2, 0.25) is 0 Å². The van der Waals surface area contributed by atoms with Gasteiger partial charge >= 0.3 is 0 Å². The summed E-state index contributed by atoms with van der Waals surface area (Å²) in [6.07, 6.45) is 3.53. The molecule has 92 valence electrons. The van der Waals surface area contributed by atoms with Gasteiger partial charge in [0.05, 0.1) is 12.1 Å². The van der Waals surface area contributed by atoms with Crippen molar-refractivity contribution < 1.29 is 9.90 Å². The lowest BCUT2D eigenvalue weighted by Gasteiger charge is -2.37. The number of hydrogen-bond acceptors (Lipinski definition) is 3. The molecule has 2 rings (SSSR count). The number of carbonyl (C=O) groups is 1. The fraction of sp³-hybridized carbons (Fsp3) is 0.917. The van der Waals surface area contributed by atoms with Crippen molar-refractivity contribution in [3.63, 3.8) is 0 Å². The Bertz CT molecular complexity index is 251. The van der Waals surface area contributed by atoms with Gasteiger partial charge in [0, 0.05) is 19.0 Å². The average molecular weight is 226 g/mol. The van der Waals surface area contributed by atoms with Crippen molar-refractivity contribution in [2.24, 2.45) is 5.92 Å². The number of nitrogens with one attached hydrogen (secondary N) is 1. The lowest BCUT2D eigenvalue weighted by molar-refractivity contribution is -0.136. The fourth-order valence-electron chi connectivity index (χ4n) is 2.74. The van der Waals surface area contributed by atoms with E-state index in [-0.39, 0.29) is 24.0 Å². The van der Waals surface area contributed by atoms with Crippen LogP contribution in [0.4, 0.5) is 0 Å². The molecule has 2 N–H and O–H groups in total. The molecule has 0 aromatic carbocycles. The molecule has 16 heavy (non-hydrogen) atoms. The van der Waals surface area contributed by atoms with Gasteiger partial charge in [0.1, 0.15) is 0 Å². The summed E-state index contributed by atoms with van der Waals surface area (Å²) in [4.78, 5) is 14.1. The zero-order valence-electron chi connectivity index (χ0n) is 9.98. The lowest BCUT2D eigenvalue weighted by Crippen LogP contribution is -2.51. The Morgan fingerprint density at radius 2 is 2.31 bits per heavy atom. The Morgan fingerprint density at radius 1 is 1.50 bits per heavy atom. The predicted octanol–water partition coefficient (Wildman–Crippen LogP) is 0.358. The van der Waals surface area contributed by atoms with Crippen LogP contribution in [-0.2, 0) is 4.79 Å². The van der Waals surface area contributed by atoms with Gasteiger partial charge in [-0.05, 0) is 32.2 Å². The van der Waals surface area contributed by atoms with Gasteiger partial charge in [-0.1, -0.05) is 6.92 Å². The molecule has 3 atom stereocenters. The summed E-state index contributed by atoms with van der Waals surface area (Å²) < 4.78 is 0. The van der Waals surface area contributed by atoms with E-state index in [1.807, 2.05) is 4.90 Å². The molecular weight excluding hydrogens is 204 g/mol. The third-order valence-corrected chi connectivity index (χ3v) is 3.89. The van der Waals surface area contributed by atoms with Gasteiger partial charge in [-0.3, -0.25) is 4.79 Å². The van der Waals surface area contributed by atoms with Crippen molar-refractivity contribution >= 4 is 5.91 Å². The van der Waals surface area contributed by atoms with E-state index >= 15 is 0 Å². The van der Waals surface area contributed by atoms with Crippen LogP contribution in [0, 0.1) is 5.92 Å². The van der Waals surface area contributed by atoms with Crippen LogP contribution in [0.3, 0.4) is 0 Å². The van der Waals surface area contributed by atoms with Gasteiger partial charge in [-0.25, -0.2) is 0 Å². The van der Waals surface area contributed by atoms with Gasteiger partial charge in [-0.2, -0.15) is 0 Å². The van der Waals surface area contributed by atoms with E-state index in [0.717, 1.165) is 38.8 Å². The Kier molecular flexibility index (Phi) is 3.82. The number of rotatable bonds is 2. The van der Waals surface area contributed by atoms with Gasteiger partial charge < -0.3 is 15.3 Å². The molecule has 0 radical (unpaired) electrons. The minimum absolute atomic E-state index is 0.0350. The lowest BCUT2D eigenvalue weighted by atomic mass is 9.92. The summed E-state index contributed by atoms with van der Waals surface area (Å²) in [7, 11) is 0. The Hall–Kier alpha value is -0.610. The minimum Gasteiger partial charge on any atom is -0.393 e. The molecule has 4 nitrogen and oxygen atoms in total. The van der Waals surface area contributed by atoms with E-state index < -0.39 is 0 Å². The topological polar surface area (TPSA) is 52.6 Å². The zero-order valence-corrected chi connectivity index (χ0v) is 9.98. The van der Waals surface area contributed by atoms with E-state index in [1.54, 1.807) is 0 Å². The van der Waals surface area contributed by atoms with Crippen molar-refractivity contribution in [3.05, 3.63) is 0 Å². The van der Waals surface area contributed by atoms with Crippen molar-refractivity contribution in [1.82, 2.24) is 10.2 Å². The number of piperidine rings is 1. The van der Waals surface area contributed by atoms with Crippen LogP contribution >= 0.6 is 0 Å². The number of aliphatic hydroxyl groups excluding tert-OH is 1. The van der Waals surface area contributed by atoms with E-state index in [9.17, 15) is 9.90 Å². The molecule has 2 heterocycles. The average Bonchev–Trinajstić information content (AvgIpc) is 2.82. The van der Waals surface area contributed by atoms with Gasteiger partial charge in [0.15, 0.2) is 0 Å². The quantitative estimate of drug-likeness (QED) is 0.715. The molecule has 2 fully saturated rings. The maximum atomic E-state index is 12.2. The highest BCUT2D eigenvalue weighted by atomic mass is 16.3. The standard InChI is InChI=1S/C12H22N2O2/c1-2-9-8-14(7-5-11(9)15)12(16)10-4-3-6-13-10/h9-11,13,15H,2-8H2,1H3/t9-,10-,11+/m1/s1. The molecule has 0 spiro atoms. The van der Waals surface area contributed by atoms with Crippen molar-refractivity contribution in [2.75, 3.05) is 19.6 Å². The van der Waals surface area contributed by atoms with E-state index in [0.29, 0.717) is 6.54 Å². The molecular formula is C12H22N2O2. The highest BCUT2D eigenvalue weighted by Gasteiger charge is 2.33. The van der Waals surface area contributed by atoms with Crippen molar-refractivity contribution in [3.8, 4) is 0 Å². The van der Waals surface area contributed by atoms with Crippen LogP contribution < -0.4 is 5.32 Å². The second kappa shape index (κ2) is 5.15.